The first-order valence-corrected chi connectivity index (χ1v) is 7.20. The van der Waals surface area contributed by atoms with E-state index >= 15 is 0 Å². The number of nitrogens with zero attached hydrogens (tertiary/aromatic N) is 5. The Morgan fingerprint density at radius 2 is 2.12 bits per heavy atom. The molecule has 2 aromatic heterocycles. The van der Waals surface area contributed by atoms with Crippen molar-refractivity contribution >= 4 is 22.6 Å². The van der Waals surface area contributed by atoms with Crippen LogP contribution in [0.25, 0.3) is 11.0 Å². The Hall–Kier alpha value is -3.23. The third kappa shape index (κ3) is 2.83. The average Bonchev–Trinajstić information content (AvgIpc) is 2.86. The largest absolute Gasteiger partial charge is 0.497 e. The van der Waals surface area contributed by atoms with Crippen LogP contribution in [0.5, 0.6) is 5.75 Å². The Kier molecular flexibility index (Phi) is 3.98. The summed E-state index contributed by atoms with van der Waals surface area (Å²) in [6, 6.07) is 6.92. The molecule has 3 aromatic rings. The van der Waals surface area contributed by atoms with Gasteiger partial charge in [-0.2, -0.15) is 9.78 Å². The molecule has 1 amide bonds. The zero-order valence-electron chi connectivity index (χ0n) is 13.5. The molecule has 0 spiro atoms. The Morgan fingerprint density at radius 1 is 1.33 bits per heavy atom. The minimum Gasteiger partial charge on any atom is -0.497 e. The molecule has 2 heterocycles. The van der Waals surface area contributed by atoms with Crippen LogP contribution in [0.15, 0.2) is 29.1 Å². The molecule has 124 valence electrons. The number of ether oxygens (including phenoxy) is 1. The summed E-state index contributed by atoms with van der Waals surface area (Å²) in [5.74, 6) is 0.224. The quantitative estimate of drug-likeness (QED) is 0.747. The van der Waals surface area contributed by atoms with Crippen LogP contribution < -0.4 is 15.6 Å². The number of rotatable bonds is 4. The van der Waals surface area contributed by atoms with Gasteiger partial charge in [0.15, 0.2) is 5.52 Å². The summed E-state index contributed by atoms with van der Waals surface area (Å²) in [7, 11) is 3.26. The second-order valence-electron chi connectivity index (χ2n) is 5.24. The number of carbonyl (C=O) groups excluding carboxylic acids is 1. The van der Waals surface area contributed by atoms with E-state index in [1.54, 1.807) is 50.0 Å². The van der Waals surface area contributed by atoms with Gasteiger partial charge < -0.3 is 10.1 Å². The van der Waals surface area contributed by atoms with Gasteiger partial charge in [0, 0.05) is 18.8 Å². The van der Waals surface area contributed by atoms with Gasteiger partial charge in [-0.1, -0.05) is 11.3 Å². The van der Waals surface area contributed by atoms with Crippen molar-refractivity contribution in [3.63, 3.8) is 0 Å². The molecule has 0 fully saturated rings. The van der Waals surface area contributed by atoms with Gasteiger partial charge >= 0.3 is 0 Å². The fourth-order valence-electron chi connectivity index (χ4n) is 2.26. The first kappa shape index (κ1) is 15.7. The van der Waals surface area contributed by atoms with E-state index in [9.17, 15) is 9.59 Å². The average molecular weight is 328 g/mol. The van der Waals surface area contributed by atoms with Crippen molar-refractivity contribution < 1.29 is 9.53 Å². The number of benzene rings is 1. The van der Waals surface area contributed by atoms with E-state index in [1.807, 2.05) is 0 Å². The van der Waals surface area contributed by atoms with Gasteiger partial charge in [0.05, 0.1) is 12.8 Å². The highest BCUT2D eigenvalue weighted by Crippen LogP contribution is 2.16. The zero-order chi connectivity index (χ0) is 17.3. The third-order valence-electron chi connectivity index (χ3n) is 3.64. The van der Waals surface area contributed by atoms with Crippen LogP contribution in [-0.2, 0) is 18.4 Å². The number of methoxy groups -OCH3 is 1. The van der Waals surface area contributed by atoms with E-state index in [1.165, 1.54) is 0 Å². The van der Waals surface area contributed by atoms with Crippen LogP contribution in [0, 0.1) is 6.92 Å². The standard InChI is InChI=1S/C15H16N6O3/c1-9-13-14(18-20(9)2)15(23)21(19-17-13)8-12(22)16-10-5-4-6-11(7-10)24-3/h4-7H,8H2,1-3H3,(H,16,22). The predicted octanol–water partition coefficient (Wildman–Crippen LogP) is 0.481. The number of aryl methyl sites for hydroxylation is 2. The molecular weight excluding hydrogens is 312 g/mol. The first-order chi connectivity index (χ1) is 11.5. The molecule has 1 aromatic carbocycles. The highest BCUT2D eigenvalue weighted by Gasteiger charge is 2.15. The molecule has 0 aliphatic heterocycles. The third-order valence-corrected chi connectivity index (χ3v) is 3.64. The maximum absolute atomic E-state index is 12.4. The number of nitrogens with one attached hydrogen (secondary N) is 1. The molecule has 0 unspecified atom stereocenters. The molecule has 24 heavy (non-hydrogen) atoms. The maximum atomic E-state index is 12.4. The SMILES string of the molecule is COc1cccc(NC(=O)Cn2nnc3c(C)n(C)nc3c2=O)c1. The lowest BCUT2D eigenvalue weighted by Gasteiger charge is -2.07. The lowest BCUT2D eigenvalue weighted by atomic mass is 10.3. The Balaban J connectivity index is 1.83. The molecule has 3 rings (SSSR count). The summed E-state index contributed by atoms with van der Waals surface area (Å²) >= 11 is 0. The van der Waals surface area contributed by atoms with Gasteiger partial charge in [-0.05, 0) is 19.1 Å². The van der Waals surface area contributed by atoms with Crippen molar-refractivity contribution in [2.45, 2.75) is 13.5 Å². The number of fused-ring (bicyclic) bond motifs is 1. The van der Waals surface area contributed by atoms with Crippen molar-refractivity contribution in [3.05, 3.63) is 40.3 Å². The van der Waals surface area contributed by atoms with E-state index in [4.69, 9.17) is 4.74 Å². The molecular formula is C15H16N6O3. The van der Waals surface area contributed by atoms with E-state index < -0.39 is 11.5 Å². The zero-order valence-corrected chi connectivity index (χ0v) is 13.5. The minimum absolute atomic E-state index is 0.194. The van der Waals surface area contributed by atoms with Crippen molar-refractivity contribution in [3.8, 4) is 5.75 Å². The Labute approximate surface area is 136 Å². The number of carbonyl (C=O) groups is 1. The van der Waals surface area contributed by atoms with Gasteiger partial charge in [0.1, 0.15) is 17.8 Å². The fourth-order valence-corrected chi connectivity index (χ4v) is 2.26. The van der Waals surface area contributed by atoms with Gasteiger partial charge in [-0.25, -0.2) is 0 Å². The predicted molar refractivity (Wildman–Crippen MR) is 86.9 cm³/mol. The lowest BCUT2D eigenvalue weighted by Crippen LogP contribution is -2.30. The number of anilines is 1. The van der Waals surface area contributed by atoms with Crippen molar-refractivity contribution in [2.75, 3.05) is 12.4 Å². The smallest absolute Gasteiger partial charge is 0.298 e. The first-order valence-electron chi connectivity index (χ1n) is 7.20. The molecule has 0 radical (unpaired) electrons. The van der Waals surface area contributed by atoms with Crippen LogP contribution in [0.2, 0.25) is 0 Å². The number of hydrogen-bond donors (Lipinski definition) is 1. The van der Waals surface area contributed by atoms with E-state index in [0.29, 0.717) is 17.0 Å². The molecule has 1 N–H and O–H groups in total. The summed E-state index contributed by atoms with van der Waals surface area (Å²) < 4.78 is 7.64. The summed E-state index contributed by atoms with van der Waals surface area (Å²) in [6.07, 6.45) is 0. The van der Waals surface area contributed by atoms with Gasteiger partial charge in [0.2, 0.25) is 5.91 Å². The second-order valence-corrected chi connectivity index (χ2v) is 5.24. The van der Waals surface area contributed by atoms with E-state index in [-0.39, 0.29) is 12.1 Å². The van der Waals surface area contributed by atoms with Gasteiger partial charge in [-0.3, -0.25) is 14.3 Å². The van der Waals surface area contributed by atoms with Crippen LogP contribution >= 0.6 is 0 Å². The van der Waals surface area contributed by atoms with Crippen LogP contribution in [0.3, 0.4) is 0 Å². The van der Waals surface area contributed by atoms with Crippen LogP contribution in [0.1, 0.15) is 5.69 Å². The summed E-state index contributed by atoms with van der Waals surface area (Å²) in [5, 5.41) is 14.6. The van der Waals surface area contributed by atoms with Crippen molar-refractivity contribution in [1.82, 2.24) is 24.8 Å². The number of hydrogen-bond acceptors (Lipinski definition) is 6. The normalized spacial score (nSPS) is 10.8. The summed E-state index contributed by atoms with van der Waals surface area (Å²) in [6.45, 7) is 1.54. The molecule has 9 heteroatoms. The van der Waals surface area contributed by atoms with E-state index in [0.717, 1.165) is 10.4 Å². The van der Waals surface area contributed by atoms with Gasteiger partial charge in [0.25, 0.3) is 5.56 Å². The molecule has 0 aliphatic carbocycles. The van der Waals surface area contributed by atoms with Crippen molar-refractivity contribution in [2.24, 2.45) is 7.05 Å². The molecule has 0 bridgehead atoms. The topological polar surface area (TPSA) is 104 Å². The Morgan fingerprint density at radius 3 is 2.88 bits per heavy atom. The highest BCUT2D eigenvalue weighted by atomic mass is 16.5. The van der Waals surface area contributed by atoms with Gasteiger partial charge in [-0.15, -0.1) is 5.10 Å². The van der Waals surface area contributed by atoms with E-state index in [2.05, 4.69) is 20.7 Å². The second kappa shape index (κ2) is 6.11. The van der Waals surface area contributed by atoms with Crippen molar-refractivity contribution in [1.29, 1.82) is 0 Å². The number of aromatic nitrogens is 5. The van der Waals surface area contributed by atoms with Crippen LogP contribution in [-0.4, -0.2) is 37.8 Å². The minimum atomic E-state index is -0.454. The number of amides is 1. The summed E-state index contributed by atoms with van der Waals surface area (Å²) in [4.78, 5) is 24.5. The molecule has 9 nitrogen and oxygen atoms in total. The summed E-state index contributed by atoms with van der Waals surface area (Å²) in [5.41, 5.74) is 1.48. The highest BCUT2D eigenvalue weighted by molar-refractivity contribution is 5.90. The lowest BCUT2D eigenvalue weighted by molar-refractivity contribution is -0.117. The molecule has 0 atom stereocenters. The van der Waals surface area contributed by atoms with Crippen LogP contribution in [0.4, 0.5) is 5.69 Å². The Bertz CT molecular complexity index is 975. The monoisotopic (exact) mass is 328 g/mol. The molecule has 0 saturated carbocycles. The fraction of sp³-hybridized carbons (Fsp3) is 0.267. The maximum Gasteiger partial charge on any atom is 0.298 e. The molecule has 0 aliphatic rings. The molecule has 0 saturated heterocycles.